The van der Waals surface area contributed by atoms with Crippen molar-refractivity contribution < 1.29 is 23.7 Å². The lowest BCUT2D eigenvalue weighted by Crippen LogP contribution is -2.40. The standard InChI is InChI=1S/C39H32IN3O6S/c1-4-47-29-17-15-28(16-18-29)35-33(38(45)48-5-2)34(27-9-7-6-8-10-27)42-39-43(35)37(44)32(50-39)21-26-19-30(40)36(31(20-26)46-3)49-23-25-13-11-24(22-41)12-14-25/h6-21,35H,4-5,23H2,1-3H3/b32-21-/t35-/m0/s1. The number of hydrogen-bond acceptors (Lipinski definition) is 9. The monoisotopic (exact) mass is 797 g/mol. The number of esters is 1. The van der Waals surface area contributed by atoms with E-state index in [-0.39, 0.29) is 24.3 Å². The average molecular weight is 798 g/mol. The highest BCUT2D eigenvalue weighted by molar-refractivity contribution is 14.1. The summed E-state index contributed by atoms with van der Waals surface area (Å²) in [5.41, 5.74) is 4.11. The molecule has 0 unspecified atom stereocenters. The molecule has 5 aromatic rings. The van der Waals surface area contributed by atoms with Crippen molar-refractivity contribution in [3.63, 3.8) is 0 Å². The van der Waals surface area contributed by atoms with Crippen LogP contribution >= 0.6 is 33.9 Å². The van der Waals surface area contributed by atoms with E-state index in [1.54, 1.807) is 36.8 Å². The minimum Gasteiger partial charge on any atom is -0.494 e. The lowest BCUT2D eigenvalue weighted by Gasteiger charge is -2.26. The maximum Gasteiger partial charge on any atom is 0.338 e. The van der Waals surface area contributed by atoms with Gasteiger partial charge in [0.2, 0.25) is 0 Å². The summed E-state index contributed by atoms with van der Waals surface area (Å²) >= 11 is 3.43. The largest absolute Gasteiger partial charge is 0.494 e. The van der Waals surface area contributed by atoms with Gasteiger partial charge in [-0.25, -0.2) is 9.79 Å². The number of methoxy groups -OCH3 is 1. The number of hydrogen-bond donors (Lipinski definition) is 0. The fourth-order valence-corrected chi connectivity index (χ4v) is 7.40. The molecule has 0 spiro atoms. The van der Waals surface area contributed by atoms with Gasteiger partial charge >= 0.3 is 5.97 Å². The number of halogens is 1. The second-order valence-corrected chi connectivity index (χ2v) is 13.2. The second kappa shape index (κ2) is 15.6. The number of benzene rings is 4. The molecule has 252 valence electrons. The first-order valence-corrected chi connectivity index (χ1v) is 17.7. The smallest absolute Gasteiger partial charge is 0.338 e. The van der Waals surface area contributed by atoms with Gasteiger partial charge < -0.3 is 18.9 Å². The maximum absolute atomic E-state index is 14.4. The molecule has 1 aliphatic heterocycles. The van der Waals surface area contributed by atoms with E-state index in [4.69, 9.17) is 29.2 Å². The van der Waals surface area contributed by atoms with Crippen LogP contribution in [0.25, 0.3) is 11.8 Å². The highest BCUT2D eigenvalue weighted by Crippen LogP contribution is 2.37. The Morgan fingerprint density at radius 3 is 2.40 bits per heavy atom. The first kappa shape index (κ1) is 34.7. The predicted molar refractivity (Wildman–Crippen MR) is 200 cm³/mol. The Morgan fingerprint density at radius 1 is 1.00 bits per heavy atom. The predicted octanol–water partition coefficient (Wildman–Crippen LogP) is 6.40. The van der Waals surface area contributed by atoms with Crippen molar-refractivity contribution in [1.82, 2.24) is 4.57 Å². The summed E-state index contributed by atoms with van der Waals surface area (Å²) in [6.07, 6.45) is 1.80. The van der Waals surface area contributed by atoms with Crippen molar-refractivity contribution in [2.24, 2.45) is 4.99 Å². The Hall–Kier alpha value is -5.19. The lowest BCUT2D eigenvalue weighted by molar-refractivity contribution is -0.138. The number of aromatic nitrogens is 1. The van der Waals surface area contributed by atoms with Crippen molar-refractivity contribution in [3.8, 4) is 23.3 Å². The zero-order valence-electron chi connectivity index (χ0n) is 27.5. The molecular weight excluding hydrogens is 765 g/mol. The summed E-state index contributed by atoms with van der Waals surface area (Å²) in [6, 6.07) is 29.1. The van der Waals surface area contributed by atoms with Crippen LogP contribution in [-0.2, 0) is 16.1 Å². The maximum atomic E-state index is 14.4. The minimum absolute atomic E-state index is 0.165. The highest BCUT2D eigenvalue weighted by atomic mass is 127. The van der Waals surface area contributed by atoms with Crippen molar-refractivity contribution in [2.75, 3.05) is 20.3 Å². The number of thiazole rings is 1. The van der Waals surface area contributed by atoms with Gasteiger partial charge in [-0.1, -0.05) is 65.9 Å². The van der Waals surface area contributed by atoms with E-state index in [1.165, 1.54) is 11.3 Å². The fraction of sp³-hybridized carbons (Fsp3) is 0.179. The van der Waals surface area contributed by atoms with Crippen LogP contribution in [0.3, 0.4) is 0 Å². The minimum atomic E-state index is -0.800. The number of fused-ring (bicyclic) bond motifs is 1. The average Bonchev–Trinajstić information content (AvgIpc) is 3.45. The third kappa shape index (κ3) is 7.22. The molecule has 6 rings (SSSR count). The van der Waals surface area contributed by atoms with Crippen LogP contribution in [0.1, 0.15) is 47.7 Å². The molecule has 50 heavy (non-hydrogen) atoms. The number of nitriles is 1. The van der Waals surface area contributed by atoms with Crippen LogP contribution in [0.5, 0.6) is 17.2 Å². The first-order valence-electron chi connectivity index (χ1n) is 15.9. The summed E-state index contributed by atoms with van der Waals surface area (Å²) in [7, 11) is 1.57. The number of ether oxygens (including phenoxy) is 4. The van der Waals surface area contributed by atoms with Crippen molar-refractivity contribution >= 4 is 51.7 Å². The first-order chi connectivity index (χ1) is 24.3. The zero-order chi connectivity index (χ0) is 35.2. The van der Waals surface area contributed by atoms with E-state index in [2.05, 4.69) is 28.7 Å². The van der Waals surface area contributed by atoms with E-state index in [0.29, 0.717) is 50.0 Å². The molecule has 1 aliphatic rings. The molecule has 0 saturated heterocycles. The molecule has 0 N–H and O–H groups in total. The number of rotatable bonds is 11. The molecular formula is C39H32IN3O6S. The molecule has 0 radical (unpaired) electrons. The van der Waals surface area contributed by atoms with Crippen molar-refractivity contribution in [3.05, 3.63) is 148 Å². The van der Waals surface area contributed by atoms with Gasteiger partial charge in [0.25, 0.3) is 5.56 Å². The van der Waals surface area contributed by atoms with E-state index < -0.39 is 12.0 Å². The molecule has 4 aromatic carbocycles. The summed E-state index contributed by atoms with van der Waals surface area (Å²) in [5.74, 6) is 1.21. The Bertz CT molecular complexity index is 2290. The van der Waals surface area contributed by atoms with Gasteiger partial charge in [-0.15, -0.1) is 0 Å². The van der Waals surface area contributed by atoms with E-state index >= 15 is 0 Å². The second-order valence-electron chi connectivity index (χ2n) is 11.1. The van der Waals surface area contributed by atoms with E-state index in [0.717, 1.165) is 20.3 Å². The van der Waals surface area contributed by atoms with E-state index in [1.807, 2.05) is 85.8 Å². The van der Waals surface area contributed by atoms with Crippen LogP contribution in [0.15, 0.2) is 106 Å². The summed E-state index contributed by atoms with van der Waals surface area (Å²) in [6.45, 7) is 4.62. The van der Waals surface area contributed by atoms with Gasteiger partial charge in [0, 0.05) is 5.56 Å². The molecule has 0 amide bonds. The van der Waals surface area contributed by atoms with Crippen LogP contribution in [0, 0.1) is 14.9 Å². The van der Waals surface area contributed by atoms with Crippen LogP contribution in [-0.4, -0.2) is 30.9 Å². The zero-order valence-corrected chi connectivity index (χ0v) is 30.5. The van der Waals surface area contributed by atoms with Gasteiger partial charge in [0.15, 0.2) is 16.3 Å². The van der Waals surface area contributed by atoms with Crippen molar-refractivity contribution in [1.29, 1.82) is 5.26 Å². The normalized spacial score (nSPS) is 14.0. The Balaban J connectivity index is 1.47. The molecule has 0 fully saturated rings. The SMILES string of the molecule is CCOC(=O)C1=C(c2ccccc2)N=c2s/c(=C\c3cc(I)c(OCc4ccc(C#N)cc4)c(OC)c3)c(=O)n2[C@H]1c1ccc(OCC)cc1. The van der Waals surface area contributed by atoms with Gasteiger partial charge in [0.05, 0.1) is 57.4 Å². The van der Waals surface area contributed by atoms with Gasteiger partial charge in [-0.2, -0.15) is 5.26 Å². The molecule has 2 heterocycles. The number of carbonyl (C=O) groups excluding carboxylic acids is 1. The summed E-state index contributed by atoms with van der Waals surface area (Å²) < 4.78 is 25.9. The van der Waals surface area contributed by atoms with Crippen LogP contribution in [0.4, 0.5) is 0 Å². The fourth-order valence-electron chi connectivity index (χ4n) is 5.61. The third-order valence-corrected chi connectivity index (χ3v) is 9.68. The summed E-state index contributed by atoms with van der Waals surface area (Å²) in [5, 5.41) is 9.09. The molecule has 9 nitrogen and oxygen atoms in total. The highest BCUT2D eigenvalue weighted by Gasteiger charge is 2.35. The van der Waals surface area contributed by atoms with Crippen molar-refractivity contribution in [2.45, 2.75) is 26.5 Å². The molecule has 0 bridgehead atoms. The quantitative estimate of drug-likeness (QED) is 0.112. The molecule has 0 saturated carbocycles. The Labute approximate surface area is 306 Å². The molecule has 1 atom stereocenters. The van der Waals surface area contributed by atoms with Gasteiger partial charge in [-0.05, 0) is 95.6 Å². The number of carbonyl (C=O) groups is 1. The molecule has 1 aromatic heterocycles. The van der Waals surface area contributed by atoms with Crippen LogP contribution in [0.2, 0.25) is 0 Å². The lowest BCUT2D eigenvalue weighted by atomic mass is 9.93. The molecule has 11 heteroatoms. The van der Waals surface area contributed by atoms with E-state index in [9.17, 15) is 9.59 Å². The van der Waals surface area contributed by atoms with Gasteiger partial charge in [-0.3, -0.25) is 9.36 Å². The Morgan fingerprint density at radius 2 is 1.74 bits per heavy atom. The summed E-state index contributed by atoms with van der Waals surface area (Å²) in [4.78, 5) is 33.5. The third-order valence-electron chi connectivity index (χ3n) is 7.90. The number of nitrogens with zero attached hydrogens (tertiary/aromatic N) is 3. The Kier molecular flexibility index (Phi) is 10.8. The molecule has 0 aliphatic carbocycles. The van der Waals surface area contributed by atoms with Crippen LogP contribution < -0.4 is 29.1 Å². The topological polar surface area (TPSA) is 112 Å². The van der Waals surface area contributed by atoms with Gasteiger partial charge in [0.1, 0.15) is 12.4 Å².